The summed E-state index contributed by atoms with van der Waals surface area (Å²) < 4.78 is 11.1. The number of ether oxygens (including phenoxy) is 2. The number of aromatic nitrogens is 1. The number of carbonyl (C=O) groups excluding carboxylic acids is 1. The lowest BCUT2D eigenvalue weighted by molar-refractivity contribution is 0.0951. The summed E-state index contributed by atoms with van der Waals surface area (Å²) >= 11 is 3.13. The lowest BCUT2D eigenvalue weighted by Gasteiger charge is -2.11. The van der Waals surface area contributed by atoms with Crippen molar-refractivity contribution in [3.05, 3.63) is 62.7 Å². The molecule has 0 bridgehead atoms. The first-order chi connectivity index (χ1) is 11.8. The third-order valence-corrected chi connectivity index (χ3v) is 4.80. The van der Waals surface area contributed by atoms with E-state index in [9.17, 15) is 4.79 Å². The summed E-state index contributed by atoms with van der Waals surface area (Å²) in [4.78, 5) is 17.5. The van der Waals surface area contributed by atoms with Gasteiger partial charge < -0.3 is 14.8 Å². The molecule has 0 aliphatic heterocycles. The van der Waals surface area contributed by atoms with Crippen LogP contribution in [0.5, 0.6) is 11.5 Å². The van der Waals surface area contributed by atoms with Crippen molar-refractivity contribution >= 4 is 28.6 Å². The van der Waals surface area contributed by atoms with Crippen LogP contribution in [0.2, 0.25) is 0 Å². The predicted molar refractivity (Wildman–Crippen MR) is 94.9 cm³/mol. The smallest absolute Gasteiger partial charge is 0.251 e. The average molecular weight is 360 g/mol. The van der Waals surface area contributed by atoms with Crippen LogP contribution in [0.15, 0.2) is 46.6 Å². The van der Waals surface area contributed by atoms with Crippen molar-refractivity contribution in [3.63, 3.8) is 0 Å². The molecule has 0 aliphatic rings. The Hall–Kier alpha value is -2.38. The van der Waals surface area contributed by atoms with Crippen LogP contribution >= 0.6 is 22.7 Å². The lowest BCUT2D eigenvalue weighted by atomic mass is 10.2. The molecule has 0 saturated carbocycles. The SMILES string of the molecule is COc1cc(C(=O)NCc2cccs2)ccc1OCc1cscn1. The molecule has 1 aromatic carbocycles. The van der Waals surface area contributed by atoms with Crippen LogP contribution in [0.3, 0.4) is 0 Å². The lowest BCUT2D eigenvalue weighted by Crippen LogP contribution is -2.22. The van der Waals surface area contributed by atoms with E-state index in [-0.39, 0.29) is 5.91 Å². The molecule has 5 nitrogen and oxygen atoms in total. The van der Waals surface area contributed by atoms with E-state index in [1.165, 1.54) is 11.3 Å². The second-order valence-corrected chi connectivity index (χ2v) is 6.65. The van der Waals surface area contributed by atoms with Crippen molar-refractivity contribution in [1.29, 1.82) is 0 Å². The number of amides is 1. The highest BCUT2D eigenvalue weighted by Crippen LogP contribution is 2.29. The molecule has 1 amide bonds. The zero-order valence-electron chi connectivity index (χ0n) is 13.0. The molecular formula is C17H16N2O3S2. The third-order valence-electron chi connectivity index (χ3n) is 3.29. The number of nitrogens with one attached hydrogen (secondary N) is 1. The summed E-state index contributed by atoms with van der Waals surface area (Å²) in [5, 5.41) is 6.81. The third kappa shape index (κ3) is 4.12. The summed E-state index contributed by atoms with van der Waals surface area (Å²) in [5.41, 5.74) is 3.15. The first-order valence-electron chi connectivity index (χ1n) is 7.25. The maximum absolute atomic E-state index is 12.3. The second-order valence-electron chi connectivity index (χ2n) is 4.90. The van der Waals surface area contributed by atoms with Crippen molar-refractivity contribution in [1.82, 2.24) is 10.3 Å². The van der Waals surface area contributed by atoms with Gasteiger partial charge >= 0.3 is 0 Å². The summed E-state index contributed by atoms with van der Waals surface area (Å²) in [6.07, 6.45) is 0. The molecule has 0 saturated heterocycles. The maximum atomic E-state index is 12.3. The average Bonchev–Trinajstić information content (AvgIpc) is 3.31. The van der Waals surface area contributed by atoms with E-state index in [0.29, 0.717) is 30.2 Å². The number of hydrogen-bond donors (Lipinski definition) is 1. The first kappa shape index (κ1) is 16.5. The molecule has 2 heterocycles. The molecule has 24 heavy (non-hydrogen) atoms. The fraction of sp³-hybridized carbons (Fsp3) is 0.176. The molecule has 0 aliphatic carbocycles. The fourth-order valence-corrected chi connectivity index (χ4v) is 3.26. The summed E-state index contributed by atoms with van der Waals surface area (Å²) in [7, 11) is 1.55. The molecule has 1 N–H and O–H groups in total. The van der Waals surface area contributed by atoms with Gasteiger partial charge in [0.1, 0.15) is 6.61 Å². The second kappa shape index (κ2) is 7.94. The molecule has 0 atom stereocenters. The summed E-state index contributed by atoms with van der Waals surface area (Å²) in [6, 6.07) is 9.10. The van der Waals surface area contributed by atoms with Crippen LogP contribution in [0.25, 0.3) is 0 Å². The number of methoxy groups -OCH3 is 1. The van der Waals surface area contributed by atoms with Gasteiger partial charge in [0, 0.05) is 15.8 Å². The number of rotatable bonds is 7. The highest BCUT2D eigenvalue weighted by molar-refractivity contribution is 7.09. The minimum absolute atomic E-state index is 0.146. The van der Waals surface area contributed by atoms with E-state index < -0.39 is 0 Å². The van der Waals surface area contributed by atoms with Crippen molar-refractivity contribution in [2.75, 3.05) is 7.11 Å². The quantitative estimate of drug-likeness (QED) is 0.697. The van der Waals surface area contributed by atoms with Crippen LogP contribution in [0.1, 0.15) is 20.9 Å². The molecule has 0 radical (unpaired) electrons. The predicted octanol–water partition coefficient (Wildman–Crippen LogP) is 3.72. The molecule has 0 spiro atoms. The normalized spacial score (nSPS) is 10.4. The van der Waals surface area contributed by atoms with Crippen molar-refractivity contribution in [2.45, 2.75) is 13.2 Å². The van der Waals surface area contributed by atoms with Crippen LogP contribution in [0.4, 0.5) is 0 Å². The summed E-state index contributed by atoms with van der Waals surface area (Å²) in [6.45, 7) is 0.880. The van der Waals surface area contributed by atoms with E-state index in [1.807, 2.05) is 22.9 Å². The van der Waals surface area contributed by atoms with Gasteiger partial charge in [0.25, 0.3) is 5.91 Å². The van der Waals surface area contributed by atoms with Gasteiger partial charge in [-0.25, -0.2) is 4.98 Å². The Labute approximate surface area is 147 Å². The number of carbonyl (C=O) groups is 1. The topological polar surface area (TPSA) is 60.5 Å². The minimum atomic E-state index is -0.146. The van der Waals surface area contributed by atoms with Crippen LogP contribution in [-0.4, -0.2) is 18.0 Å². The number of thiazole rings is 1. The van der Waals surface area contributed by atoms with Gasteiger partial charge in [0.05, 0.1) is 24.9 Å². The van der Waals surface area contributed by atoms with Gasteiger partial charge in [-0.1, -0.05) is 6.07 Å². The van der Waals surface area contributed by atoms with Crippen molar-refractivity contribution < 1.29 is 14.3 Å². The van der Waals surface area contributed by atoms with Crippen molar-refractivity contribution in [2.24, 2.45) is 0 Å². The number of nitrogens with zero attached hydrogens (tertiary/aromatic N) is 1. The van der Waals surface area contributed by atoms with Crippen molar-refractivity contribution in [3.8, 4) is 11.5 Å². The summed E-state index contributed by atoms with van der Waals surface area (Å²) in [5.74, 6) is 0.960. The van der Waals surface area contributed by atoms with E-state index in [1.54, 1.807) is 42.2 Å². The zero-order chi connectivity index (χ0) is 16.8. The first-order valence-corrected chi connectivity index (χ1v) is 9.07. The molecule has 0 unspecified atom stereocenters. The van der Waals surface area contributed by atoms with Gasteiger partial charge in [-0.05, 0) is 29.6 Å². The van der Waals surface area contributed by atoms with Crippen LogP contribution in [0, 0.1) is 0 Å². The molecule has 2 aromatic heterocycles. The molecule has 0 fully saturated rings. The molecule has 3 aromatic rings. The highest BCUT2D eigenvalue weighted by Gasteiger charge is 2.12. The number of benzene rings is 1. The standard InChI is InChI=1S/C17H16N2O3S2/c1-21-16-7-12(17(20)18-8-14-3-2-6-24-14)4-5-15(16)22-9-13-10-23-11-19-13/h2-7,10-11H,8-9H2,1H3,(H,18,20). The van der Waals surface area contributed by atoms with E-state index >= 15 is 0 Å². The van der Waals surface area contributed by atoms with E-state index in [0.717, 1.165) is 10.6 Å². The molecule has 7 heteroatoms. The minimum Gasteiger partial charge on any atom is -0.493 e. The van der Waals surface area contributed by atoms with Crippen LogP contribution in [-0.2, 0) is 13.2 Å². The molecule has 124 valence electrons. The van der Waals surface area contributed by atoms with E-state index in [4.69, 9.17) is 9.47 Å². The van der Waals surface area contributed by atoms with Gasteiger partial charge in [-0.15, -0.1) is 22.7 Å². The Bertz CT molecular complexity index is 786. The Morgan fingerprint density at radius 3 is 2.92 bits per heavy atom. The number of hydrogen-bond acceptors (Lipinski definition) is 6. The zero-order valence-corrected chi connectivity index (χ0v) is 14.7. The van der Waals surface area contributed by atoms with Gasteiger partial charge in [0.2, 0.25) is 0 Å². The molecule has 3 rings (SSSR count). The van der Waals surface area contributed by atoms with Gasteiger partial charge in [-0.3, -0.25) is 4.79 Å². The Balaban J connectivity index is 1.65. The van der Waals surface area contributed by atoms with Crippen LogP contribution < -0.4 is 14.8 Å². The maximum Gasteiger partial charge on any atom is 0.251 e. The van der Waals surface area contributed by atoms with Gasteiger partial charge in [0.15, 0.2) is 11.5 Å². The van der Waals surface area contributed by atoms with E-state index in [2.05, 4.69) is 10.3 Å². The Kier molecular flexibility index (Phi) is 5.45. The highest BCUT2D eigenvalue weighted by atomic mass is 32.1. The monoisotopic (exact) mass is 360 g/mol. The molecular weight excluding hydrogens is 344 g/mol. The Morgan fingerprint density at radius 1 is 1.29 bits per heavy atom. The fourth-order valence-electron chi connectivity index (χ4n) is 2.07. The largest absolute Gasteiger partial charge is 0.493 e. The Morgan fingerprint density at radius 2 is 2.21 bits per heavy atom. The van der Waals surface area contributed by atoms with Gasteiger partial charge in [-0.2, -0.15) is 0 Å². The number of thiophene rings is 1.